The maximum atomic E-state index is 13.8. The van der Waals surface area contributed by atoms with E-state index in [4.69, 9.17) is 0 Å². The van der Waals surface area contributed by atoms with E-state index in [9.17, 15) is 4.39 Å². The Balaban J connectivity index is 1.59. The van der Waals surface area contributed by atoms with Gasteiger partial charge in [-0.15, -0.1) is 0 Å². The molecule has 1 unspecified atom stereocenters. The van der Waals surface area contributed by atoms with Crippen LogP contribution in [-0.4, -0.2) is 42.0 Å². The number of likely N-dealkylation sites (tertiary alicyclic amines) is 2. The van der Waals surface area contributed by atoms with Gasteiger partial charge in [0.05, 0.1) is 0 Å². The Morgan fingerprint density at radius 2 is 1.80 bits per heavy atom. The lowest BCUT2D eigenvalue weighted by Crippen LogP contribution is -2.42. The second-order valence-electron chi connectivity index (χ2n) is 6.22. The number of rotatable bonds is 4. The first-order valence-corrected chi connectivity index (χ1v) is 8.03. The molecule has 2 nitrogen and oxygen atoms in total. The Hall–Kier alpha value is -0.930. The number of halogens is 1. The quantitative estimate of drug-likeness (QED) is 0.832. The fourth-order valence-corrected chi connectivity index (χ4v) is 3.60. The van der Waals surface area contributed by atoms with Crippen LogP contribution in [-0.2, 0) is 6.54 Å². The number of hydrogen-bond acceptors (Lipinski definition) is 2. The van der Waals surface area contributed by atoms with Gasteiger partial charge in [0.15, 0.2) is 0 Å². The van der Waals surface area contributed by atoms with Crippen LogP contribution in [0.5, 0.6) is 0 Å². The third-order valence-electron chi connectivity index (χ3n) is 4.75. The topological polar surface area (TPSA) is 6.48 Å². The highest BCUT2D eigenvalue weighted by atomic mass is 19.1. The maximum absolute atomic E-state index is 13.8. The summed E-state index contributed by atoms with van der Waals surface area (Å²) < 4.78 is 13.8. The molecule has 0 amide bonds. The van der Waals surface area contributed by atoms with Crippen molar-refractivity contribution in [3.05, 3.63) is 35.6 Å². The lowest BCUT2D eigenvalue weighted by Gasteiger charge is -2.33. The molecule has 0 saturated carbocycles. The van der Waals surface area contributed by atoms with Crippen LogP contribution in [0.25, 0.3) is 0 Å². The highest BCUT2D eigenvalue weighted by Gasteiger charge is 2.27. The zero-order valence-electron chi connectivity index (χ0n) is 12.2. The molecule has 0 radical (unpaired) electrons. The van der Waals surface area contributed by atoms with Crippen LogP contribution < -0.4 is 0 Å². The van der Waals surface area contributed by atoms with Crippen LogP contribution in [0.15, 0.2) is 24.3 Å². The Morgan fingerprint density at radius 1 is 1.00 bits per heavy atom. The van der Waals surface area contributed by atoms with Gasteiger partial charge < -0.3 is 4.90 Å². The van der Waals surface area contributed by atoms with Crippen molar-refractivity contribution in [2.24, 2.45) is 0 Å². The number of piperidine rings is 1. The van der Waals surface area contributed by atoms with E-state index in [1.807, 2.05) is 12.1 Å². The molecule has 0 spiro atoms. The average molecular weight is 276 g/mol. The van der Waals surface area contributed by atoms with E-state index >= 15 is 0 Å². The van der Waals surface area contributed by atoms with E-state index in [2.05, 4.69) is 9.80 Å². The lowest BCUT2D eigenvalue weighted by atomic mass is 10.1. The summed E-state index contributed by atoms with van der Waals surface area (Å²) in [6.45, 7) is 5.57. The van der Waals surface area contributed by atoms with Crippen molar-refractivity contribution in [3.63, 3.8) is 0 Å². The second kappa shape index (κ2) is 6.68. The molecular weight excluding hydrogens is 251 g/mol. The van der Waals surface area contributed by atoms with Crippen molar-refractivity contribution < 1.29 is 4.39 Å². The van der Waals surface area contributed by atoms with Gasteiger partial charge in [0.1, 0.15) is 5.82 Å². The van der Waals surface area contributed by atoms with Gasteiger partial charge in [0.25, 0.3) is 0 Å². The van der Waals surface area contributed by atoms with Gasteiger partial charge in [0, 0.05) is 24.7 Å². The van der Waals surface area contributed by atoms with Gasteiger partial charge in [-0.25, -0.2) is 4.39 Å². The van der Waals surface area contributed by atoms with Crippen LogP contribution >= 0.6 is 0 Å². The molecule has 2 heterocycles. The molecule has 0 aliphatic carbocycles. The van der Waals surface area contributed by atoms with Crippen LogP contribution in [0.4, 0.5) is 4.39 Å². The molecule has 20 heavy (non-hydrogen) atoms. The van der Waals surface area contributed by atoms with E-state index in [1.165, 1.54) is 51.7 Å². The number of benzene rings is 1. The third kappa shape index (κ3) is 3.39. The molecule has 3 rings (SSSR count). The first kappa shape index (κ1) is 14.0. The van der Waals surface area contributed by atoms with Crippen LogP contribution in [0.1, 0.15) is 37.7 Å². The molecule has 110 valence electrons. The third-order valence-corrected chi connectivity index (χ3v) is 4.75. The lowest BCUT2D eigenvalue weighted by molar-refractivity contribution is 0.148. The van der Waals surface area contributed by atoms with Gasteiger partial charge in [-0.05, 0) is 51.4 Å². The van der Waals surface area contributed by atoms with E-state index in [0.29, 0.717) is 6.04 Å². The van der Waals surface area contributed by atoms with E-state index < -0.39 is 0 Å². The minimum Gasteiger partial charge on any atom is -0.302 e. The predicted octanol–water partition coefficient (Wildman–Crippen LogP) is 3.28. The Morgan fingerprint density at radius 3 is 2.60 bits per heavy atom. The normalized spacial score (nSPS) is 25.1. The number of nitrogens with zero attached hydrogens (tertiary/aromatic N) is 2. The molecule has 2 fully saturated rings. The van der Waals surface area contributed by atoms with Crippen molar-refractivity contribution in [3.8, 4) is 0 Å². The zero-order valence-corrected chi connectivity index (χ0v) is 12.2. The second-order valence-corrected chi connectivity index (χ2v) is 6.22. The van der Waals surface area contributed by atoms with E-state index in [-0.39, 0.29) is 5.82 Å². The summed E-state index contributed by atoms with van der Waals surface area (Å²) in [4.78, 5) is 5.08. The molecular formula is C17H25FN2. The first-order valence-electron chi connectivity index (χ1n) is 8.03. The minimum atomic E-state index is -0.0591. The molecule has 3 heteroatoms. The van der Waals surface area contributed by atoms with Gasteiger partial charge >= 0.3 is 0 Å². The SMILES string of the molecule is Fc1ccccc1CN1CCCC1CN1CCCCC1. The summed E-state index contributed by atoms with van der Waals surface area (Å²) in [5.74, 6) is -0.0591. The van der Waals surface area contributed by atoms with Gasteiger partial charge in [-0.3, -0.25) is 4.90 Å². The number of hydrogen-bond donors (Lipinski definition) is 0. The molecule has 1 aromatic rings. The van der Waals surface area contributed by atoms with Crippen LogP contribution in [0.2, 0.25) is 0 Å². The molecule has 1 atom stereocenters. The molecule has 2 aliphatic rings. The molecule has 2 aliphatic heterocycles. The van der Waals surface area contributed by atoms with Gasteiger partial charge in [-0.2, -0.15) is 0 Å². The summed E-state index contributed by atoms with van der Waals surface area (Å²) in [5, 5.41) is 0. The van der Waals surface area contributed by atoms with Crippen LogP contribution in [0.3, 0.4) is 0 Å². The van der Waals surface area contributed by atoms with E-state index in [1.54, 1.807) is 12.1 Å². The summed E-state index contributed by atoms with van der Waals surface area (Å²) in [5.41, 5.74) is 0.845. The molecule has 1 aromatic carbocycles. The minimum absolute atomic E-state index is 0.0591. The highest BCUT2D eigenvalue weighted by molar-refractivity contribution is 5.17. The molecule has 0 bridgehead atoms. The molecule has 0 N–H and O–H groups in total. The summed E-state index contributed by atoms with van der Waals surface area (Å²) >= 11 is 0. The van der Waals surface area contributed by atoms with Crippen molar-refractivity contribution in [2.45, 2.75) is 44.7 Å². The van der Waals surface area contributed by atoms with Gasteiger partial charge in [-0.1, -0.05) is 24.6 Å². The zero-order chi connectivity index (χ0) is 13.8. The van der Waals surface area contributed by atoms with Crippen molar-refractivity contribution in [1.29, 1.82) is 0 Å². The summed E-state index contributed by atoms with van der Waals surface area (Å²) in [6, 6.07) is 7.83. The highest BCUT2D eigenvalue weighted by Crippen LogP contribution is 2.23. The average Bonchev–Trinajstić information content (AvgIpc) is 2.90. The van der Waals surface area contributed by atoms with E-state index in [0.717, 1.165) is 18.7 Å². The smallest absolute Gasteiger partial charge is 0.127 e. The Kier molecular flexibility index (Phi) is 4.69. The predicted molar refractivity (Wildman–Crippen MR) is 80.1 cm³/mol. The van der Waals surface area contributed by atoms with Crippen molar-refractivity contribution in [1.82, 2.24) is 9.80 Å². The standard InChI is InChI=1S/C17H25FN2/c18-17-9-3-2-7-15(17)13-20-12-6-8-16(20)14-19-10-4-1-5-11-19/h2-3,7,9,16H,1,4-6,8,10-14H2. The van der Waals surface area contributed by atoms with Gasteiger partial charge in [0.2, 0.25) is 0 Å². The Bertz CT molecular complexity index is 429. The molecule has 2 saturated heterocycles. The summed E-state index contributed by atoms with van der Waals surface area (Å²) in [6.07, 6.45) is 6.61. The van der Waals surface area contributed by atoms with Crippen molar-refractivity contribution >= 4 is 0 Å². The largest absolute Gasteiger partial charge is 0.302 e. The first-order chi connectivity index (χ1) is 9.83. The summed E-state index contributed by atoms with van der Waals surface area (Å²) in [7, 11) is 0. The fraction of sp³-hybridized carbons (Fsp3) is 0.647. The monoisotopic (exact) mass is 276 g/mol. The van der Waals surface area contributed by atoms with Crippen LogP contribution in [0, 0.1) is 5.82 Å². The Labute approximate surface area is 121 Å². The van der Waals surface area contributed by atoms with Crippen molar-refractivity contribution in [2.75, 3.05) is 26.2 Å². The fourth-order valence-electron chi connectivity index (χ4n) is 3.60. The molecule has 0 aromatic heterocycles. The maximum Gasteiger partial charge on any atom is 0.127 e.